The quantitative estimate of drug-likeness (QED) is 0.590. The van der Waals surface area contributed by atoms with Gasteiger partial charge in [-0.2, -0.15) is 0 Å². The SMILES string of the molecule is C=CCSc1ccc(C(=O)O)nc1. The molecule has 0 fully saturated rings. The summed E-state index contributed by atoms with van der Waals surface area (Å²) < 4.78 is 0. The number of rotatable bonds is 4. The predicted molar refractivity (Wildman–Crippen MR) is 52.1 cm³/mol. The number of aromatic nitrogens is 1. The first-order valence-corrected chi connectivity index (χ1v) is 4.65. The van der Waals surface area contributed by atoms with Gasteiger partial charge in [0.05, 0.1) is 0 Å². The third kappa shape index (κ3) is 2.91. The minimum Gasteiger partial charge on any atom is -0.477 e. The van der Waals surface area contributed by atoms with Gasteiger partial charge in [0.2, 0.25) is 0 Å². The summed E-state index contributed by atoms with van der Waals surface area (Å²) in [4.78, 5) is 15.2. The van der Waals surface area contributed by atoms with Crippen molar-refractivity contribution in [3.8, 4) is 0 Å². The second kappa shape index (κ2) is 4.67. The number of hydrogen-bond acceptors (Lipinski definition) is 3. The van der Waals surface area contributed by atoms with Crippen molar-refractivity contribution in [2.75, 3.05) is 5.75 Å². The fourth-order valence-corrected chi connectivity index (χ4v) is 1.35. The van der Waals surface area contributed by atoms with E-state index in [0.29, 0.717) is 0 Å². The van der Waals surface area contributed by atoms with Gasteiger partial charge in [-0.3, -0.25) is 0 Å². The number of carbonyl (C=O) groups is 1. The van der Waals surface area contributed by atoms with Gasteiger partial charge in [-0.05, 0) is 12.1 Å². The topological polar surface area (TPSA) is 50.2 Å². The van der Waals surface area contributed by atoms with Crippen LogP contribution in [0.2, 0.25) is 0 Å². The standard InChI is InChI=1S/C9H9NO2S/c1-2-5-13-7-3-4-8(9(11)12)10-6-7/h2-4,6H,1,5H2,(H,11,12). The molecule has 1 heterocycles. The lowest BCUT2D eigenvalue weighted by molar-refractivity contribution is 0.0690. The molecule has 0 aromatic carbocycles. The number of carboxylic acid groups (broad SMARTS) is 1. The number of nitrogens with zero attached hydrogens (tertiary/aromatic N) is 1. The lowest BCUT2D eigenvalue weighted by Gasteiger charge is -1.97. The fourth-order valence-electron chi connectivity index (χ4n) is 0.747. The highest BCUT2D eigenvalue weighted by Gasteiger charge is 2.02. The zero-order valence-corrected chi connectivity index (χ0v) is 7.75. The summed E-state index contributed by atoms with van der Waals surface area (Å²) >= 11 is 1.57. The number of aromatic carboxylic acids is 1. The van der Waals surface area contributed by atoms with Crippen LogP contribution in [-0.2, 0) is 0 Å². The molecule has 68 valence electrons. The zero-order chi connectivity index (χ0) is 9.68. The minimum absolute atomic E-state index is 0.0722. The summed E-state index contributed by atoms with van der Waals surface area (Å²) in [5.74, 6) is -0.200. The second-order valence-electron chi connectivity index (χ2n) is 2.28. The molecule has 0 atom stereocenters. The van der Waals surface area contributed by atoms with E-state index < -0.39 is 5.97 Å². The molecular formula is C9H9NO2S. The van der Waals surface area contributed by atoms with E-state index in [4.69, 9.17) is 5.11 Å². The monoisotopic (exact) mass is 195 g/mol. The Morgan fingerprint density at radius 2 is 2.46 bits per heavy atom. The molecule has 1 rings (SSSR count). The molecule has 0 aliphatic heterocycles. The lowest BCUT2D eigenvalue weighted by Crippen LogP contribution is -1.98. The Morgan fingerprint density at radius 3 is 2.92 bits per heavy atom. The fraction of sp³-hybridized carbons (Fsp3) is 0.111. The number of thioether (sulfide) groups is 1. The van der Waals surface area contributed by atoms with Crippen molar-refractivity contribution >= 4 is 17.7 Å². The third-order valence-corrected chi connectivity index (χ3v) is 2.30. The summed E-state index contributed by atoms with van der Waals surface area (Å²) in [5, 5.41) is 8.57. The van der Waals surface area contributed by atoms with Crippen molar-refractivity contribution in [1.29, 1.82) is 0 Å². The van der Waals surface area contributed by atoms with E-state index in [1.54, 1.807) is 30.1 Å². The first kappa shape index (κ1) is 9.80. The second-order valence-corrected chi connectivity index (χ2v) is 3.38. The Kier molecular flexibility index (Phi) is 3.52. The van der Waals surface area contributed by atoms with Gasteiger partial charge >= 0.3 is 5.97 Å². The molecule has 1 N–H and O–H groups in total. The molecule has 1 aromatic rings. The highest BCUT2D eigenvalue weighted by molar-refractivity contribution is 7.99. The highest BCUT2D eigenvalue weighted by atomic mass is 32.2. The third-order valence-electron chi connectivity index (χ3n) is 1.32. The average Bonchev–Trinajstić information content (AvgIpc) is 2.15. The molecule has 0 unspecified atom stereocenters. The van der Waals surface area contributed by atoms with Crippen molar-refractivity contribution < 1.29 is 9.90 Å². The van der Waals surface area contributed by atoms with Gasteiger partial charge < -0.3 is 5.11 Å². The van der Waals surface area contributed by atoms with Gasteiger partial charge in [0.1, 0.15) is 5.69 Å². The normalized spacial score (nSPS) is 9.54. The first-order chi connectivity index (χ1) is 6.24. The maximum absolute atomic E-state index is 10.4. The largest absolute Gasteiger partial charge is 0.477 e. The van der Waals surface area contributed by atoms with E-state index in [1.807, 2.05) is 0 Å². The molecule has 4 heteroatoms. The molecule has 3 nitrogen and oxygen atoms in total. The first-order valence-electron chi connectivity index (χ1n) is 3.67. The summed E-state index contributed by atoms with van der Waals surface area (Å²) in [6, 6.07) is 3.23. The molecular weight excluding hydrogens is 186 g/mol. The summed E-state index contributed by atoms with van der Waals surface area (Å²) in [7, 11) is 0. The summed E-state index contributed by atoms with van der Waals surface area (Å²) in [6.07, 6.45) is 3.34. The number of hydrogen-bond donors (Lipinski definition) is 1. The van der Waals surface area contributed by atoms with E-state index in [1.165, 1.54) is 6.07 Å². The Labute approximate surface area is 80.5 Å². The molecule has 0 aliphatic carbocycles. The Hall–Kier alpha value is -1.29. The van der Waals surface area contributed by atoms with Gasteiger partial charge in [-0.15, -0.1) is 18.3 Å². The van der Waals surface area contributed by atoms with E-state index >= 15 is 0 Å². The highest BCUT2D eigenvalue weighted by Crippen LogP contribution is 2.16. The van der Waals surface area contributed by atoms with Gasteiger partial charge in [-0.25, -0.2) is 9.78 Å². The Balaban J connectivity index is 2.69. The van der Waals surface area contributed by atoms with Crippen molar-refractivity contribution in [2.24, 2.45) is 0 Å². The number of pyridine rings is 1. The van der Waals surface area contributed by atoms with Crippen LogP contribution in [0.15, 0.2) is 35.9 Å². The summed E-state index contributed by atoms with van der Waals surface area (Å²) in [6.45, 7) is 3.59. The van der Waals surface area contributed by atoms with Gasteiger partial charge in [0, 0.05) is 16.8 Å². The molecule has 1 aromatic heterocycles. The molecule has 0 bridgehead atoms. The van der Waals surface area contributed by atoms with Gasteiger partial charge in [0.15, 0.2) is 0 Å². The van der Waals surface area contributed by atoms with Crippen molar-refractivity contribution in [2.45, 2.75) is 4.90 Å². The Morgan fingerprint density at radius 1 is 1.69 bits per heavy atom. The molecule has 0 aliphatic rings. The molecule has 0 saturated carbocycles. The average molecular weight is 195 g/mol. The van der Waals surface area contributed by atoms with Crippen LogP contribution in [0.1, 0.15) is 10.5 Å². The van der Waals surface area contributed by atoms with Crippen molar-refractivity contribution in [3.05, 3.63) is 36.7 Å². The van der Waals surface area contributed by atoms with Gasteiger partial charge in [0.25, 0.3) is 0 Å². The van der Waals surface area contributed by atoms with Crippen LogP contribution < -0.4 is 0 Å². The minimum atomic E-state index is -1.000. The van der Waals surface area contributed by atoms with E-state index in [2.05, 4.69) is 11.6 Å². The Bertz CT molecular complexity index is 308. The van der Waals surface area contributed by atoms with Crippen LogP contribution in [0.4, 0.5) is 0 Å². The van der Waals surface area contributed by atoms with Crippen LogP contribution in [0, 0.1) is 0 Å². The smallest absolute Gasteiger partial charge is 0.354 e. The zero-order valence-electron chi connectivity index (χ0n) is 6.93. The maximum Gasteiger partial charge on any atom is 0.354 e. The van der Waals surface area contributed by atoms with E-state index in [9.17, 15) is 4.79 Å². The van der Waals surface area contributed by atoms with Crippen LogP contribution >= 0.6 is 11.8 Å². The van der Waals surface area contributed by atoms with Gasteiger partial charge in [-0.1, -0.05) is 6.08 Å². The number of carboxylic acids is 1. The van der Waals surface area contributed by atoms with Crippen molar-refractivity contribution in [1.82, 2.24) is 4.98 Å². The van der Waals surface area contributed by atoms with E-state index in [-0.39, 0.29) is 5.69 Å². The lowest BCUT2D eigenvalue weighted by atomic mass is 10.4. The van der Waals surface area contributed by atoms with Crippen LogP contribution in [0.25, 0.3) is 0 Å². The molecule has 13 heavy (non-hydrogen) atoms. The molecule has 0 radical (unpaired) electrons. The van der Waals surface area contributed by atoms with Crippen molar-refractivity contribution in [3.63, 3.8) is 0 Å². The van der Waals surface area contributed by atoms with Crippen LogP contribution in [0.5, 0.6) is 0 Å². The molecule has 0 saturated heterocycles. The van der Waals surface area contributed by atoms with Crippen LogP contribution in [0.3, 0.4) is 0 Å². The molecule has 0 amide bonds. The predicted octanol–water partition coefficient (Wildman–Crippen LogP) is 2.06. The molecule has 0 spiro atoms. The van der Waals surface area contributed by atoms with Crippen LogP contribution in [-0.4, -0.2) is 21.8 Å². The summed E-state index contributed by atoms with van der Waals surface area (Å²) in [5.41, 5.74) is 0.0722. The maximum atomic E-state index is 10.4. The van der Waals surface area contributed by atoms with E-state index in [0.717, 1.165) is 10.6 Å².